The Labute approximate surface area is 82.5 Å². The Morgan fingerprint density at radius 2 is 2.36 bits per heavy atom. The first kappa shape index (κ1) is 10.8. The molecule has 0 bridgehead atoms. The number of aliphatic hydroxyl groups is 1. The monoisotopic (exact) mass is 198 g/mol. The molecule has 1 heterocycles. The van der Waals surface area contributed by atoms with Gasteiger partial charge >= 0.3 is 5.97 Å². The van der Waals surface area contributed by atoms with E-state index in [0.29, 0.717) is 23.7 Å². The molecule has 0 aliphatic rings. The molecule has 0 aromatic carbocycles. The smallest absolute Gasteiger partial charge is 0.341 e. The van der Waals surface area contributed by atoms with E-state index in [1.807, 2.05) is 0 Å². The van der Waals surface area contributed by atoms with Crippen molar-refractivity contribution in [3.05, 3.63) is 23.2 Å². The molecule has 0 unspecified atom stereocenters. The zero-order valence-corrected chi connectivity index (χ0v) is 8.53. The molecule has 0 aliphatic carbocycles. The number of carbonyl (C=O) groups is 1. The highest BCUT2D eigenvalue weighted by Gasteiger charge is 2.17. The number of aliphatic hydroxyl groups excluding tert-OH is 1. The van der Waals surface area contributed by atoms with Gasteiger partial charge in [0.05, 0.1) is 6.61 Å². The molecule has 4 nitrogen and oxygen atoms in total. The van der Waals surface area contributed by atoms with Gasteiger partial charge in [0.2, 0.25) is 0 Å². The first-order chi connectivity index (χ1) is 6.56. The molecule has 1 aromatic rings. The predicted octanol–water partition coefficient (Wildman–Crippen LogP) is 1.82. The Bertz CT molecular complexity index is 325. The summed E-state index contributed by atoms with van der Waals surface area (Å²) >= 11 is 0. The lowest BCUT2D eigenvalue weighted by Crippen LogP contribution is -2.04. The Balaban J connectivity index is 2.92. The van der Waals surface area contributed by atoms with E-state index < -0.39 is 12.1 Å². The van der Waals surface area contributed by atoms with Gasteiger partial charge in [-0.1, -0.05) is 0 Å². The zero-order chi connectivity index (χ0) is 10.7. The largest absolute Gasteiger partial charge is 0.463 e. The van der Waals surface area contributed by atoms with Crippen molar-refractivity contribution < 1.29 is 19.1 Å². The highest BCUT2D eigenvalue weighted by atomic mass is 16.5. The maximum Gasteiger partial charge on any atom is 0.341 e. The zero-order valence-electron chi connectivity index (χ0n) is 8.53. The molecule has 14 heavy (non-hydrogen) atoms. The predicted molar refractivity (Wildman–Crippen MR) is 50.0 cm³/mol. The fourth-order valence-corrected chi connectivity index (χ4v) is 1.12. The van der Waals surface area contributed by atoms with Crippen molar-refractivity contribution in [2.24, 2.45) is 0 Å². The fraction of sp³-hybridized carbons (Fsp3) is 0.500. The van der Waals surface area contributed by atoms with Crippen LogP contribution in [-0.2, 0) is 4.74 Å². The van der Waals surface area contributed by atoms with E-state index in [4.69, 9.17) is 9.15 Å². The van der Waals surface area contributed by atoms with Gasteiger partial charge in [-0.3, -0.25) is 0 Å². The third kappa shape index (κ3) is 2.14. The van der Waals surface area contributed by atoms with Crippen LogP contribution in [0.15, 0.2) is 10.5 Å². The van der Waals surface area contributed by atoms with Crippen molar-refractivity contribution in [3.63, 3.8) is 0 Å². The van der Waals surface area contributed by atoms with Crippen LogP contribution in [0.25, 0.3) is 0 Å². The third-order valence-corrected chi connectivity index (χ3v) is 1.84. The van der Waals surface area contributed by atoms with E-state index in [9.17, 15) is 9.90 Å². The van der Waals surface area contributed by atoms with Gasteiger partial charge in [-0.15, -0.1) is 0 Å². The maximum atomic E-state index is 11.3. The summed E-state index contributed by atoms with van der Waals surface area (Å²) in [6, 6.07) is 1.51. The van der Waals surface area contributed by atoms with Crippen LogP contribution in [0.1, 0.15) is 41.8 Å². The third-order valence-electron chi connectivity index (χ3n) is 1.84. The van der Waals surface area contributed by atoms with Gasteiger partial charge in [0, 0.05) is 0 Å². The maximum absolute atomic E-state index is 11.3. The molecular weight excluding hydrogens is 184 g/mol. The van der Waals surface area contributed by atoms with Gasteiger partial charge in [0.25, 0.3) is 0 Å². The molecule has 4 heteroatoms. The van der Waals surface area contributed by atoms with Crippen LogP contribution in [0.4, 0.5) is 0 Å². The molecule has 78 valence electrons. The Morgan fingerprint density at radius 3 is 2.79 bits per heavy atom. The van der Waals surface area contributed by atoms with Gasteiger partial charge in [-0.25, -0.2) is 4.79 Å². The van der Waals surface area contributed by atoms with Crippen LogP contribution in [-0.4, -0.2) is 17.7 Å². The molecule has 1 atom stereocenters. The van der Waals surface area contributed by atoms with Crippen molar-refractivity contribution >= 4 is 5.97 Å². The number of furan rings is 1. The second-order valence-electron chi connectivity index (χ2n) is 3.02. The standard InChI is InChI=1S/C10H14O4/c1-4-13-10(12)8-5-9(6(2)11)14-7(8)3/h5-6,11H,4H2,1-3H3/t6-/m1/s1. The van der Waals surface area contributed by atoms with Crippen LogP contribution in [0.3, 0.4) is 0 Å². The topological polar surface area (TPSA) is 59.7 Å². The lowest BCUT2D eigenvalue weighted by atomic mass is 10.2. The first-order valence-electron chi connectivity index (χ1n) is 4.51. The molecule has 0 amide bonds. The number of rotatable bonds is 3. The lowest BCUT2D eigenvalue weighted by molar-refractivity contribution is 0.0524. The molecule has 0 aliphatic heterocycles. The minimum Gasteiger partial charge on any atom is -0.463 e. The van der Waals surface area contributed by atoms with E-state index in [1.165, 1.54) is 6.07 Å². The van der Waals surface area contributed by atoms with Crippen molar-refractivity contribution in [3.8, 4) is 0 Å². The average Bonchev–Trinajstić information content (AvgIpc) is 2.48. The second kappa shape index (κ2) is 4.28. The summed E-state index contributed by atoms with van der Waals surface area (Å²) < 4.78 is 10.0. The van der Waals surface area contributed by atoms with Crippen LogP contribution in [0.5, 0.6) is 0 Å². The SMILES string of the molecule is CCOC(=O)c1cc([C@@H](C)O)oc1C. The highest BCUT2D eigenvalue weighted by molar-refractivity contribution is 5.90. The lowest BCUT2D eigenvalue weighted by Gasteiger charge is -1.97. The van der Waals surface area contributed by atoms with E-state index in [-0.39, 0.29) is 0 Å². The summed E-state index contributed by atoms with van der Waals surface area (Å²) in [4.78, 5) is 11.3. The van der Waals surface area contributed by atoms with Crippen molar-refractivity contribution in [2.45, 2.75) is 26.9 Å². The molecule has 1 rings (SSSR count). The Kier molecular flexibility index (Phi) is 3.30. The minimum absolute atomic E-state index is 0.327. The molecule has 0 fully saturated rings. The summed E-state index contributed by atoms with van der Waals surface area (Å²) in [5, 5.41) is 9.23. The minimum atomic E-state index is -0.711. The van der Waals surface area contributed by atoms with Crippen molar-refractivity contribution in [2.75, 3.05) is 6.61 Å². The van der Waals surface area contributed by atoms with E-state index >= 15 is 0 Å². The Morgan fingerprint density at radius 1 is 1.71 bits per heavy atom. The van der Waals surface area contributed by atoms with Crippen molar-refractivity contribution in [1.29, 1.82) is 0 Å². The summed E-state index contributed by atoms with van der Waals surface area (Å²) in [7, 11) is 0. The highest BCUT2D eigenvalue weighted by Crippen LogP contribution is 2.20. The number of hydrogen-bond donors (Lipinski definition) is 1. The van der Waals surface area contributed by atoms with Gasteiger partial charge in [0.1, 0.15) is 23.2 Å². The quantitative estimate of drug-likeness (QED) is 0.752. The van der Waals surface area contributed by atoms with Crippen LogP contribution < -0.4 is 0 Å². The second-order valence-corrected chi connectivity index (χ2v) is 3.02. The molecule has 1 aromatic heterocycles. The van der Waals surface area contributed by atoms with Gasteiger partial charge in [-0.05, 0) is 26.8 Å². The van der Waals surface area contributed by atoms with Crippen LogP contribution in [0.2, 0.25) is 0 Å². The van der Waals surface area contributed by atoms with E-state index in [0.717, 1.165) is 0 Å². The summed E-state index contributed by atoms with van der Waals surface area (Å²) in [5.74, 6) is 0.436. The van der Waals surface area contributed by atoms with Crippen LogP contribution in [0, 0.1) is 6.92 Å². The number of ether oxygens (including phenoxy) is 1. The van der Waals surface area contributed by atoms with Crippen molar-refractivity contribution in [1.82, 2.24) is 0 Å². The first-order valence-corrected chi connectivity index (χ1v) is 4.51. The molecule has 0 saturated carbocycles. The number of carbonyl (C=O) groups excluding carboxylic acids is 1. The van der Waals surface area contributed by atoms with E-state index in [2.05, 4.69) is 0 Å². The molecule has 0 saturated heterocycles. The molecule has 0 radical (unpaired) electrons. The molecule has 1 N–H and O–H groups in total. The summed E-state index contributed by atoms with van der Waals surface area (Å²) in [6.07, 6.45) is -0.711. The van der Waals surface area contributed by atoms with Gasteiger partial charge in [0.15, 0.2) is 0 Å². The summed E-state index contributed by atoms with van der Waals surface area (Å²) in [6.45, 7) is 5.31. The normalized spacial score (nSPS) is 12.6. The molecular formula is C10H14O4. The number of aryl methyl sites for hydroxylation is 1. The van der Waals surface area contributed by atoms with Gasteiger partial charge in [-0.2, -0.15) is 0 Å². The number of esters is 1. The summed E-state index contributed by atoms with van der Waals surface area (Å²) in [5.41, 5.74) is 0.378. The van der Waals surface area contributed by atoms with Crippen LogP contribution >= 0.6 is 0 Å². The van der Waals surface area contributed by atoms with Gasteiger partial charge < -0.3 is 14.3 Å². The Hall–Kier alpha value is -1.29. The average molecular weight is 198 g/mol. The van der Waals surface area contributed by atoms with E-state index in [1.54, 1.807) is 20.8 Å². The molecule has 0 spiro atoms. The fourth-order valence-electron chi connectivity index (χ4n) is 1.12. The number of hydrogen-bond acceptors (Lipinski definition) is 4.